The van der Waals surface area contributed by atoms with Crippen molar-refractivity contribution in [3.63, 3.8) is 0 Å². The lowest BCUT2D eigenvalue weighted by atomic mass is 9.91. The predicted octanol–water partition coefficient (Wildman–Crippen LogP) is 3.67. The van der Waals surface area contributed by atoms with Gasteiger partial charge in [-0.05, 0) is 49.9 Å². The topological polar surface area (TPSA) is 54.9 Å². The number of hydrogen-bond acceptors (Lipinski definition) is 3. The van der Waals surface area contributed by atoms with Gasteiger partial charge < -0.3 is 5.32 Å². The van der Waals surface area contributed by atoms with Crippen molar-refractivity contribution in [1.82, 2.24) is 9.97 Å². The molecule has 1 atom stereocenters. The van der Waals surface area contributed by atoms with Crippen LogP contribution in [0.4, 0.5) is 10.2 Å². The van der Waals surface area contributed by atoms with Gasteiger partial charge in [-0.25, -0.2) is 14.4 Å². The summed E-state index contributed by atoms with van der Waals surface area (Å²) in [7, 11) is 0. The van der Waals surface area contributed by atoms with Gasteiger partial charge >= 0.3 is 0 Å². The minimum absolute atomic E-state index is 0.0388. The first kappa shape index (κ1) is 15.6. The van der Waals surface area contributed by atoms with Gasteiger partial charge in [0.15, 0.2) is 5.82 Å². The Labute approximate surface area is 135 Å². The second-order valence-corrected chi connectivity index (χ2v) is 6.05. The van der Waals surface area contributed by atoms with E-state index in [1.807, 2.05) is 20.8 Å². The van der Waals surface area contributed by atoms with Crippen LogP contribution in [-0.2, 0) is 17.6 Å². The summed E-state index contributed by atoms with van der Waals surface area (Å²) in [6.07, 6.45) is 2.21. The van der Waals surface area contributed by atoms with Crippen molar-refractivity contribution in [1.29, 1.82) is 0 Å². The van der Waals surface area contributed by atoms with Gasteiger partial charge in [0.2, 0.25) is 5.91 Å². The van der Waals surface area contributed by atoms with Gasteiger partial charge in [0.05, 0.1) is 17.1 Å². The summed E-state index contributed by atoms with van der Waals surface area (Å²) < 4.78 is 13.4. The highest BCUT2D eigenvalue weighted by Crippen LogP contribution is 2.33. The summed E-state index contributed by atoms with van der Waals surface area (Å²) in [6.45, 7) is 5.70. The smallest absolute Gasteiger partial charge is 0.228 e. The first-order chi connectivity index (χ1) is 11.0. The minimum Gasteiger partial charge on any atom is -0.309 e. The van der Waals surface area contributed by atoms with Crippen molar-refractivity contribution < 1.29 is 9.18 Å². The number of benzene rings is 1. The second-order valence-electron chi connectivity index (χ2n) is 6.05. The molecule has 1 N–H and O–H groups in total. The quantitative estimate of drug-likeness (QED) is 0.940. The minimum atomic E-state index is -0.227. The molecule has 0 saturated heterocycles. The van der Waals surface area contributed by atoms with Crippen LogP contribution in [0, 0.1) is 18.7 Å². The third-order valence-corrected chi connectivity index (χ3v) is 4.40. The Bertz CT molecular complexity index is 773. The Balaban J connectivity index is 1.97. The summed E-state index contributed by atoms with van der Waals surface area (Å²) in [5.74, 6) is 0.202. The van der Waals surface area contributed by atoms with E-state index >= 15 is 0 Å². The monoisotopic (exact) mass is 313 g/mol. The van der Waals surface area contributed by atoms with Crippen molar-refractivity contribution in [2.24, 2.45) is 5.92 Å². The van der Waals surface area contributed by atoms with Crippen LogP contribution in [0.1, 0.15) is 37.2 Å². The van der Waals surface area contributed by atoms with Crippen LogP contribution in [-0.4, -0.2) is 15.9 Å². The number of aryl methyl sites for hydroxylation is 3. The Morgan fingerprint density at radius 2 is 2.13 bits per heavy atom. The molecule has 1 heterocycles. The average molecular weight is 313 g/mol. The molecular formula is C18H20FN3O. The first-order valence-electron chi connectivity index (χ1n) is 7.96. The normalized spacial score (nSPS) is 13.9. The molecule has 0 radical (unpaired) electrons. The maximum absolute atomic E-state index is 13.4. The van der Waals surface area contributed by atoms with Crippen LogP contribution < -0.4 is 5.32 Å². The van der Waals surface area contributed by atoms with Gasteiger partial charge in [-0.3, -0.25) is 4.79 Å². The van der Waals surface area contributed by atoms with E-state index in [4.69, 9.17) is 0 Å². The first-order valence-corrected chi connectivity index (χ1v) is 7.96. The molecule has 1 unspecified atom stereocenters. The van der Waals surface area contributed by atoms with E-state index in [9.17, 15) is 9.18 Å². The molecule has 1 amide bonds. The van der Waals surface area contributed by atoms with E-state index in [0.717, 1.165) is 35.4 Å². The number of nitrogens with one attached hydrogen (secondary N) is 1. The predicted molar refractivity (Wildman–Crippen MR) is 87.7 cm³/mol. The van der Waals surface area contributed by atoms with Crippen LogP contribution >= 0.6 is 0 Å². The summed E-state index contributed by atoms with van der Waals surface area (Å²) in [5, 5.41) is 2.87. The third kappa shape index (κ3) is 2.96. The molecule has 1 aromatic carbocycles. The summed E-state index contributed by atoms with van der Waals surface area (Å²) in [6, 6.07) is 4.77. The number of carbonyl (C=O) groups excluding carboxylic acids is 1. The SMILES string of the molecule is CCC(C)C(=O)Nc1nc2c(nc1C)-c1ccc(F)cc1CC2. The van der Waals surface area contributed by atoms with Crippen molar-refractivity contribution in [2.75, 3.05) is 5.32 Å². The molecule has 0 aliphatic heterocycles. The van der Waals surface area contributed by atoms with Crippen molar-refractivity contribution in [2.45, 2.75) is 40.0 Å². The molecular weight excluding hydrogens is 293 g/mol. The Kier molecular flexibility index (Phi) is 4.11. The molecule has 5 heteroatoms. The Hall–Kier alpha value is -2.30. The Morgan fingerprint density at radius 3 is 2.87 bits per heavy atom. The largest absolute Gasteiger partial charge is 0.309 e. The number of fused-ring (bicyclic) bond motifs is 3. The van der Waals surface area contributed by atoms with Crippen LogP contribution in [0.2, 0.25) is 0 Å². The maximum Gasteiger partial charge on any atom is 0.228 e. The lowest BCUT2D eigenvalue weighted by Crippen LogP contribution is -2.22. The van der Waals surface area contributed by atoms with Gasteiger partial charge in [0.1, 0.15) is 5.82 Å². The molecule has 1 aromatic heterocycles. The van der Waals surface area contributed by atoms with E-state index in [0.29, 0.717) is 17.9 Å². The van der Waals surface area contributed by atoms with Crippen molar-refractivity contribution >= 4 is 11.7 Å². The average Bonchev–Trinajstić information content (AvgIpc) is 2.54. The molecule has 0 spiro atoms. The fourth-order valence-electron chi connectivity index (χ4n) is 2.74. The highest BCUT2D eigenvalue weighted by atomic mass is 19.1. The number of hydrogen-bond donors (Lipinski definition) is 1. The highest BCUT2D eigenvalue weighted by molar-refractivity contribution is 5.92. The molecule has 1 aliphatic rings. The molecule has 2 aromatic rings. The zero-order valence-corrected chi connectivity index (χ0v) is 13.6. The van der Waals surface area contributed by atoms with Crippen LogP contribution in [0.25, 0.3) is 11.3 Å². The summed E-state index contributed by atoms with van der Waals surface area (Å²) in [5.41, 5.74) is 4.22. The molecule has 0 fully saturated rings. The molecule has 3 rings (SSSR count). The molecule has 4 nitrogen and oxygen atoms in total. The van der Waals surface area contributed by atoms with E-state index < -0.39 is 0 Å². The number of carbonyl (C=O) groups is 1. The number of anilines is 1. The molecule has 0 saturated carbocycles. The van der Waals surface area contributed by atoms with Crippen LogP contribution in [0.15, 0.2) is 18.2 Å². The van der Waals surface area contributed by atoms with Crippen molar-refractivity contribution in [3.8, 4) is 11.3 Å². The van der Waals surface area contributed by atoms with E-state index in [2.05, 4.69) is 15.3 Å². The van der Waals surface area contributed by atoms with E-state index in [-0.39, 0.29) is 17.6 Å². The fraction of sp³-hybridized carbons (Fsp3) is 0.389. The van der Waals surface area contributed by atoms with Gasteiger partial charge in [0.25, 0.3) is 0 Å². The molecule has 23 heavy (non-hydrogen) atoms. The number of halogens is 1. The highest BCUT2D eigenvalue weighted by Gasteiger charge is 2.22. The zero-order chi connectivity index (χ0) is 16.6. The lowest BCUT2D eigenvalue weighted by Gasteiger charge is -2.20. The van der Waals surface area contributed by atoms with Gasteiger partial charge in [-0.15, -0.1) is 0 Å². The molecule has 120 valence electrons. The number of amides is 1. The van der Waals surface area contributed by atoms with Crippen LogP contribution in [0.3, 0.4) is 0 Å². The standard InChI is InChI=1S/C18H20FN3O/c1-4-10(2)18(23)22-17-11(3)20-16-14-7-6-13(19)9-12(14)5-8-15(16)21-17/h6-7,9-10H,4-5,8H2,1-3H3,(H,21,22,23). The number of rotatable bonds is 3. The zero-order valence-electron chi connectivity index (χ0n) is 13.6. The molecule has 1 aliphatic carbocycles. The number of nitrogens with zero attached hydrogens (tertiary/aromatic N) is 2. The van der Waals surface area contributed by atoms with Crippen LogP contribution in [0.5, 0.6) is 0 Å². The second kappa shape index (κ2) is 6.07. The van der Waals surface area contributed by atoms with Gasteiger partial charge in [-0.1, -0.05) is 13.8 Å². The van der Waals surface area contributed by atoms with Gasteiger partial charge in [-0.2, -0.15) is 0 Å². The fourth-order valence-corrected chi connectivity index (χ4v) is 2.74. The van der Waals surface area contributed by atoms with E-state index in [1.54, 1.807) is 12.1 Å². The van der Waals surface area contributed by atoms with Gasteiger partial charge in [0, 0.05) is 11.5 Å². The summed E-state index contributed by atoms with van der Waals surface area (Å²) in [4.78, 5) is 21.3. The maximum atomic E-state index is 13.4. The lowest BCUT2D eigenvalue weighted by molar-refractivity contribution is -0.119. The molecule has 0 bridgehead atoms. The Morgan fingerprint density at radius 1 is 1.35 bits per heavy atom. The number of aromatic nitrogens is 2. The summed E-state index contributed by atoms with van der Waals surface area (Å²) >= 11 is 0. The third-order valence-electron chi connectivity index (χ3n) is 4.40. The van der Waals surface area contributed by atoms with Crippen molar-refractivity contribution in [3.05, 3.63) is 41.0 Å². The van der Waals surface area contributed by atoms with E-state index in [1.165, 1.54) is 6.07 Å².